The first-order valence-corrected chi connectivity index (χ1v) is 6.32. The van der Waals surface area contributed by atoms with Crippen LogP contribution in [0.25, 0.3) is 0 Å². The molecule has 0 saturated heterocycles. The van der Waals surface area contributed by atoms with Crippen molar-refractivity contribution in [1.82, 2.24) is 0 Å². The predicted molar refractivity (Wildman–Crippen MR) is 62.3 cm³/mol. The second-order valence-electron chi connectivity index (χ2n) is 4.70. The van der Waals surface area contributed by atoms with Gasteiger partial charge in [0.2, 0.25) is 0 Å². The fourth-order valence-corrected chi connectivity index (χ4v) is 2.82. The summed E-state index contributed by atoms with van der Waals surface area (Å²) in [5.41, 5.74) is -0.588. The Morgan fingerprint density at radius 2 is 1.89 bits per heavy atom. The molecular formula is C13H13ClF4. The number of benzene rings is 1. The molecule has 0 spiro atoms. The zero-order valence-electron chi connectivity index (χ0n) is 9.61. The normalized spacial score (nSPS) is 25.2. The molecule has 1 aliphatic rings. The van der Waals surface area contributed by atoms with Gasteiger partial charge in [-0.25, -0.2) is 4.39 Å². The smallest absolute Gasteiger partial charge is 0.206 e. The van der Waals surface area contributed by atoms with Gasteiger partial charge in [0, 0.05) is 5.38 Å². The van der Waals surface area contributed by atoms with Crippen molar-refractivity contribution < 1.29 is 17.6 Å². The molecule has 1 saturated carbocycles. The molecule has 1 fully saturated rings. The Morgan fingerprint density at radius 1 is 1.17 bits per heavy atom. The number of hydrogen-bond donors (Lipinski definition) is 0. The van der Waals surface area contributed by atoms with Gasteiger partial charge in [-0.1, -0.05) is 12.5 Å². The maximum absolute atomic E-state index is 13.4. The quantitative estimate of drug-likeness (QED) is 0.495. The van der Waals surface area contributed by atoms with Crippen molar-refractivity contribution in [3.8, 4) is 0 Å². The van der Waals surface area contributed by atoms with Gasteiger partial charge in [-0.15, -0.1) is 11.6 Å². The first-order valence-electron chi connectivity index (χ1n) is 5.88. The second-order valence-corrected chi connectivity index (χ2v) is 5.32. The maximum Gasteiger partial charge on any atom is 0.419 e. The van der Waals surface area contributed by atoms with E-state index in [0.717, 1.165) is 31.4 Å². The molecule has 100 valence electrons. The van der Waals surface area contributed by atoms with Crippen LogP contribution in [0.4, 0.5) is 17.6 Å². The largest absolute Gasteiger partial charge is 0.419 e. The van der Waals surface area contributed by atoms with Crippen LogP contribution in [0.2, 0.25) is 0 Å². The van der Waals surface area contributed by atoms with Gasteiger partial charge in [0.1, 0.15) is 5.82 Å². The number of rotatable bonds is 1. The minimum atomic E-state index is -4.63. The van der Waals surface area contributed by atoms with Crippen LogP contribution in [0.1, 0.15) is 42.7 Å². The first kappa shape index (κ1) is 13.7. The molecule has 1 aliphatic carbocycles. The van der Waals surface area contributed by atoms with Crippen LogP contribution in [-0.2, 0) is 6.18 Å². The van der Waals surface area contributed by atoms with E-state index in [1.54, 1.807) is 0 Å². The van der Waals surface area contributed by atoms with E-state index in [1.165, 1.54) is 6.07 Å². The molecule has 0 bridgehead atoms. The van der Waals surface area contributed by atoms with Crippen LogP contribution in [0.5, 0.6) is 0 Å². The van der Waals surface area contributed by atoms with Crippen molar-refractivity contribution >= 4 is 11.6 Å². The maximum atomic E-state index is 13.4. The summed E-state index contributed by atoms with van der Waals surface area (Å²) in [7, 11) is 0. The predicted octanol–water partition coefficient (Wildman–Crippen LogP) is 5.11. The van der Waals surface area contributed by atoms with Crippen molar-refractivity contribution in [2.24, 2.45) is 0 Å². The van der Waals surface area contributed by atoms with Crippen molar-refractivity contribution in [3.63, 3.8) is 0 Å². The SMILES string of the molecule is Fc1cc(C2CCCC(Cl)C2)ccc1C(F)(F)F. The van der Waals surface area contributed by atoms with E-state index in [2.05, 4.69) is 0 Å². The lowest BCUT2D eigenvalue weighted by Gasteiger charge is -2.26. The molecule has 1 aromatic carbocycles. The molecule has 2 unspecified atom stereocenters. The van der Waals surface area contributed by atoms with Gasteiger partial charge in [-0.3, -0.25) is 0 Å². The summed E-state index contributed by atoms with van der Waals surface area (Å²) in [6.07, 6.45) is -1.23. The molecule has 5 heteroatoms. The van der Waals surface area contributed by atoms with E-state index in [9.17, 15) is 17.6 Å². The summed E-state index contributed by atoms with van der Waals surface area (Å²) in [6.45, 7) is 0. The Hall–Kier alpha value is -0.770. The molecule has 0 nitrogen and oxygen atoms in total. The molecule has 0 aliphatic heterocycles. The molecule has 18 heavy (non-hydrogen) atoms. The van der Waals surface area contributed by atoms with Gasteiger partial charge in [0.25, 0.3) is 0 Å². The lowest BCUT2D eigenvalue weighted by atomic mass is 9.83. The minimum absolute atomic E-state index is 0.0362. The van der Waals surface area contributed by atoms with Crippen LogP contribution < -0.4 is 0 Å². The fraction of sp³-hybridized carbons (Fsp3) is 0.538. The Bertz CT molecular complexity index is 427. The van der Waals surface area contributed by atoms with Crippen LogP contribution in [0, 0.1) is 5.82 Å². The lowest BCUT2D eigenvalue weighted by Crippen LogP contribution is -2.15. The van der Waals surface area contributed by atoms with E-state index in [-0.39, 0.29) is 11.3 Å². The zero-order valence-corrected chi connectivity index (χ0v) is 10.4. The van der Waals surface area contributed by atoms with Crippen LogP contribution in [0.15, 0.2) is 18.2 Å². The fourth-order valence-electron chi connectivity index (χ4n) is 2.45. The Kier molecular flexibility index (Phi) is 3.85. The van der Waals surface area contributed by atoms with Gasteiger partial charge in [-0.2, -0.15) is 13.2 Å². The number of halogens is 5. The van der Waals surface area contributed by atoms with E-state index in [0.29, 0.717) is 12.0 Å². The molecule has 0 amide bonds. The molecule has 0 radical (unpaired) electrons. The van der Waals surface area contributed by atoms with Crippen LogP contribution in [-0.4, -0.2) is 5.38 Å². The third kappa shape index (κ3) is 2.97. The average molecular weight is 281 g/mol. The molecule has 2 atom stereocenters. The monoisotopic (exact) mass is 280 g/mol. The van der Waals surface area contributed by atoms with Gasteiger partial charge >= 0.3 is 6.18 Å². The molecule has 0 N–H and O–H groups in total. The molecular weight excluding hydrogens is 268 g/mol. The van der Waals surface area contributed by atoms with Gasteiger partial charge in [-0.05, 0) is 42.9 Å². The van der Waals surface area contributed by atoms with Crippen LogP contribution in [0.3, 0.4) is 0 Å². The van der Waals surface area contributed by atoms with E-state index >= 15 is 0 Å². The molecule has 2 rings (SSSR count). The van der Waals surface area contributed by atoms with E-state index < -0.39 is 17.6 Å². The summed E-state index contributed by atoms with van der Waals surface area (Å²) in [5.74, 6) is -1.13. The lowest BCUT2D eigenvalue weighted by molar-refractivity contribution is -0.140. The minimum Gasteiger partial charge on any atom is -0.206 e. The van der Waals surface area contributed by atoms with Crippen molar-refractivity contribution in [2.75, 3.05) is 0 Å². The second kappa shape index (κ2) is 5.08. The topological polar surface area (TPSA) is 0 Å². The zero-order chi connectivity index (χ0) is 13.3. The Labute approximate surface area is 108 Å². The summed E-state index contributed by atoms with van der Waals surface area (Å²) >= 11 is 6.03. The highest BCUT2D eigenvalue weighted by Gasteiger charge is 2.34. The molecule has 0 aromatic heterocycles. The number of alkyl halides is 4. The average Bonchev–Trinajstić information content (AvgIpc) is 2.27. The third-order valence-corrected chi connectivity index (χ3v) is 3.78. The van der Waals surface area contributed by atoms with Crippen LogP contribution >= 0.6 is 11.6 Å². The highest BCUT2D eigenvalue weighted by Crippen LogP contribution is 2.37. The van der Waals surface area contributed by atoms with E-state index in [4.69, 9.17) is 11.6 Å². The Balaban J connectivity index is 2.23. The highest BCUT2D eigenvalue weighted by atomic mass is 35.5. The van der Waals surface area contributed by atoms with Gasteiger partial charge in [0.15, 0.2) is 0 Å². The van der Waals surface area contributed by atoms with Crippen molar-refractivity contribution in [3.05, 3.63) is 35.1 Å². The molecule has 1 aromatic rings. The Morgan fingerprint density at radius 3 is 2.44 bits per heavy atom. The summed E-state index contributed by atoms with van der Waals surface area (Å²) in [4.78, 5) is 0. The standard InChI is InChI=1S/C13H13ClF4/c14-10-3-1-2-8(6-10)9-4-5-11(12(15)7-9)13(16,17)18/h4-5,7-8,10H,1-3,6H2. The van der Waals surface area contributed by atoms with Gasteiger partial charge < -0.3 is 0 Å². The third-order valence-electron chi connectivity index (χ3n) is 3.38. The molecule has 0 heterocycles. The summed E-state index contributed by atoms with van der Waals surface area (Å²) in [6, 6.07) is 3.19. The van der Waals surface area contributed by atoms with Crippen molar-refractivity contribution in [2.45, 2.75) is 43.2 Å². The first-order chi connectivity index (χ1) is 8.38. The number of hydrogen-bond acceptors (Lipinski definition) is 0. The summed E-state index contributed by atoms with van der Waals surface area (Å²) < 4.78 is 50.7. The highest BCUT2D eigenvalue weighted by molar-refractivity contribution is 6.20. The van der Waals surface area contributed by atoms with Gasteiger partial charge in [0.05, 0.1) is 5.56 Å². The summed E-state index contributed by atoms with van der Waals surface area (Å²) in [5, 5.41) is 0.0362. The van der Waals surface area contributed by atoms with E-state index in [1.807, 2.05) is 0 Å². The van der Waals surface area contributed by atoms with Crippen molar-refractivity contribution in [1.29, 1.82) is 0 Å².